The number of hydrogen-bond donors (Lipinski definition) is 2. The Hall–Kier alpha value is -1.10. The highest BCUT2D eigenvalue weighted by Crippen LogP contribution is 2.28. The normalized spacial score (nSPS) is 10.8. The SMILES string of the molecule is Nc1cc(C(F)F)c(N)c(CCl)n1. The average molecular weight is 208 g/mol. The number of aromatic nitrogens is 1. The molecule has 0 bridgehead atoms. The number of nitrogens with zero attached hydrogens (tertiary/aromatic N) is 1. The lowest BCUT2D eigenvalue weighted by molar-refractivity contribution is 0.152. The van der Waals surface area contributed by atoms with Crippen LogP contribution in [0.1, 0.15) is 17.7 Å². The third-order valence-corrected chi connectivity index (χ3v) is 1.80. The summed E-state index contributed by atoms with van der Waals surface area (Å²) in [4.78, 5) is 3.72. The second-order valence-electron chi connectivity index (χ2n) is 2.43. The number of halogens is 3. The van der Waals surface area contributed by atoms with Crippen molar-refractivity contribution < 1.29 is 8.78 Å². The van der Waals surface area contributed by atoms with Gasteiger partial charge in [0, 0.05) is 5.56 Å². The molecule has 6 heteroatoms. The fourth-order valence-corrected chi connectivity index (χ4v) is 1.14. The Balaban J connectivity index is 3.27. The van der Waals surface area contributed by atoms with Gasteiger partial charge >= 0.3 is 0 Å². The van der Waals surface area contributed by atoms with E-state index in [1.54, 1.807) is 0 Å². The fraction of sp³-hybridized carbons (Fsp3) is 0.286. The van der Waals surface area contributed by atoms with Gasteiger partial charge in [-0.3, -0.25) is 0 Å². The number of nitrogens with two attached hydrogens (primary N) is 2. The van der Waals surface area contributed by atoms with Gasteiger partial charge in [-0.05, 0) is 6.07 Å². The van der Waals surface area contributed by atoms with Crippen LogP contribution in [-0.4, -0.2) is 4.98 Å². The average Bonchev–Trinajstić information content (AvgIpc) is 2.08. The van der Waals surface area contributed by atoms with Gasteiger partial charge in [-0.25, -0.2) is 13.8 Å². The fourth-order valence-electron chi connectivity index (χ4n) is 0.934. The molecule has 1 aromatic heterocycles. The van der Waals surface area contributed by atoms with Crippen molar-refractivity contribution in [2.45, 2.75) is 12.3 Å². The van der Waals surface area contributed by atoms with Crippen LogP contribution >= 0.6 is 11.6 Å². The molecule has 0 spiro atoms. The zero-order valence-electron chi connectivity index (χ0n) is 6.60. The minimum atomic E-state index is -2.66. The first-order valence-corrected chi connectivity index (χ1v) is 3.98. The van der Waals surface area contributed by atoms with Gasteiger partial charge in [0.15, 0.2) is 0 Å². The minimum absolute atomic E-state index is 0.000139. The Morgan fingerprint density at radius 1 is 1.46 bits per heavy atom. The van der Waals surface area contributed by atoms with E-state index in [1.165, 1.54) is 0 Å². The van der Waals surface area contributed by atoms with E-state index in [4.69, 9.17) is 23.1 Å². The highest BCUT2D eigenvalue weighted by molar-refractivity contribution is 6.17. The molecule has 0 saturated carbocycles. The molecule has 0 unspecified atom stereocenters. The Bertz CT molecular complexity index is 317. The van der Waals surface area contributed by atoms with E-state index < -0.39 is 6.43 Å². The Kier molecular flexibility index (Phi) is 2.87. The van der Waals surface area contributed by atoms with E-state index in [1.807, 2.05) is 0 Å². The maximum atomic E-state index is 12.3. The van der Waals surface area contributed by atoms with Gasteiger partial charge in [-0.1, -0.05) is 0 Å². The van der Waals surface area contributed by atoms with Crippen molar-refractivity contribution in [3.8, 4) is 0 Å². The molecular weight excluding hydrogens is 200 g/mol. The van der Waals surface area contributed by atoms with Gasteiger partial charge in [0.05, 0.1) is 17.3 Å². The Morgan fingerprint density at radius 3 is 2.54 bits per heavy atom. The molecule has 0 amide bonds. The molecular formula is C7H8ClF2N3. The molecule has 4 N–H and O–H groups in total. The third-order valence-electron chi connectivity index (χ3n) is 1.55. The van der Waals surface area contributed by atoms with Crippen molar-refractivity contribution >= 4 is 23.1 Å². The van der Waals surface area contributed by atoms with Crippen molar-refractivity contribution in [2.24, 2.45) is 0 Å². The predicted octanol–water partition coefficient (Wildman–Crippen LogP) is 1.92. The second kappa shape index (κ2) is 3.74. The molecule has 0 aliphatic heterocycles. The standard InChI is InChI=1S/C7H8ClF2N3/c8-2-4-6(12)3(7(9)10)1-5(11)13-4/h1,7H,2,12H2,(H2,11,13). The highest BCUT2D eigenvalue weighted by Gasteiger charge is 2.15. The Labute approximate surface area is 78.7 Å². The molecule has 0 aliphatic rings. The summed E-state index contributed by atoms with van der Waals surface area (Å²) in [6, 6.07) is 1.05. The van der Waals surface area contributed by atoms with E-state index in [0.717, 1.165) is 6.07 Å². The minimum Gasteiger partial charge on any atom is -0.397 e. The van der Waals surface area contributed by atoms with Crippen LogP contribution in [0.5, 0.6) is 0 Å². The lowest BCUT2D eigenvalue weighted by atomic mass is 10.2. The van der Waals surface area contributed by atoms with Crippen LogP contribution in [0, 0.1) is 0 Å². The van der Waals surface area contributed by atoms with Gasteiger partial charge in [0.25, 0.3) is 6.43 Å². The molecule has 1 heterocycles. The van der Waals surface area contributed by atoms with Crippen molar-refractivity contribution in [3.05, 3.63) is 17.3 Å². The molecule has 0 fully saturated rings. The third kappa shape index (κ3) is 1.98. The number of rotatable bonds is 2. The number of anilines is 2. The van der Waals surface area contributed by atoms with Gasteiger partial charge in [0.1, 0.15) is 5.82 Å². The van der Waals surface area contributed by atoms with Crippen LogP contribution in [0.2, 0.25) is 0 Å². The van der Waals surface area contributed by atoms with E-state index in [9.17, 15) is 8.78 Å². The molecule has 0 saturated heterocycles. The topological polar surface area (TPSA) is 64.9 Å². The van der Waals surface area contributed by atoms with Gasteiger partial charge in [0.2, 0.25) is 0 Å². The zero-order valence-corrected chi connectivity index (χ0v) is 7.35. The molecule has 13 heavy (non-hydrogen) atoms. The first kappa shape index (κ1) is 9.98. The summed E-state index contributed by atoms with van der Waals surface area (Å²) < 4.78 is 24.6. The summed E-state index contributed by atoms with van der Waals surface area (Å²) in [5, 5.41) is 0. The van der Waals surface area contributed by atoms with Crippen molar-refractivity contribution in [3.63, 3.8) is 0 Å². The number of hydrogen-bond acceptors (Lipinski definition) is 3. The summed E-state index contributed by atoms with van der Waals surface area (Å²) in [5.74, 6) is -0.0310. The first-order valence-electron chi connectivity index (χ1n) is 3.45. The molecule has 0 aliphatic carbocycles. The van der Waals surface area contributed by atoms with E-state index in [0.29, 0.717) is 0 Å². The molecule has 0 aromatic carbocycles. The van der Waals surface area contributed by atoms with E-state index >= 15 is 0 Å². The van der Waals surface area contributed by atoms with Gasteiger partial charge in [-0.15, -0.1) is 11.6 Å². The molecule has 1 aromatic rings. The van der Waals surface area contributed by atoms with Crippen LogP contribution in [0.15, 0.2) is 6.07 Å². The first-order chi connectivity index (χ1) is 6.06. The quantitative estimate of drug-likeness (QED) is 0.729. The molecule has 1 rings (SSSR count). The van der Waals surface area contributed by atoms with E-state index in [2.05, 4.69) is 4.98 Å². The summed E-state index contributed by atoms with van der Waals surface area (Å²) in [7, 11) is 0. The predicted molar refractivity (Wildman–Crippen MR) is 47.6 cm³/mol. The maximum absolute atomic E-state index is 12.3. The summed E-state index contributed by atoms with van der Waals surface area (Å²) in [5.41, 5.74) is 10.5. The largest absolute Gasteiger partial charge is 0.397 e. The van der Waals surface area contributed by atoms with Crippen LogP contribution in [-0.2, 0) is 5.88 Å². The van der Waals surface area contributed by atoms with Crippen LogP contribution in [0.4, 0.5) is 20.3 Å². The number of pyridine rings is 1. The smallest absolute Gasteiger partial charge is 0.266 e. The zero-order chi connectivity index (χ0) is 10.0. The molecule has 0 atom stereocenters. The van der Waals surface area contributed by atoms with Crippen molar-refractivity contribution in [1.82, 2.24) is 4.98 Å². The maximum Gasteiger partial charge on any atom is 0.266 e. The molecule has 72 valence electrons. The summed E-state index contributed by atoms with van der Waals surface area (Å²) >= 11 is 5.44. The van der Waals surface area contributed by atoms with Crippen LogP contribution in [0.3, 0.4) is 0 Å². The number of nitrogen functional groups attached to an aromatic ring is 2. The lowest BCUT2D eigenvalue weighted by Gasteiger charge is -2.08. The summed E-state index contributed by atoms with van der Waals surface area (Å²) in [6.45, 7) is 0. The number of alkyl halides is 3. The van der Waals surface area contributed by atoms with Crippen LogP contribution < -0.4 is 11.5 Å². The lowest BCUT2D eigenvalue weighted by Crippen LogP contribution is -2.04. The highest BCUT2D eigenvalue weighted by atomic mass is 35.5. The summed E-state index contributed by atoms with van der Waals surface area (Å²) in [6.07, 6.45) is -2.66. The van der Waals surface area contributed by atoms with Crippen molar-refractivity contribution in [2.75, 3.05) is 11.5 Å². The monoisotopic (exact) mass is 207 g/mol. The van der Waals surface area contributed by atoms with Gasteiger partial charge < -0.3 is 11.5 Å². The van der Waals surface area contributed by atoms with Gasteiger partial charge in [-0.2, -0.15) is 0 Å². The Morgan fingerprint density at radius 2 is 2.08 bits per heavy atom. The molecule has 0 radical (unpaired) electrons. The van der Waals surface area contributed by atoms with Crippen molar-refractivity contribution in [1.29, 1.82) is 0 Å². The molecule has 3 nitrogen and oxygen atoms in total. The second-order valence-corrected chi connectivity index (χ2v) is 2.70. The van der Waals surface area contributed by atoms with E-state index in [-0.39, 0.29) is 28.6 Å². The van der Waals surface area contributed by atoms with Crippen LogP contribution in [0.25, 0.3) is 0 Å².